The fourth-order valence-corrected chi connectivity index (χ4v) is 0.553. The zero-order valence-corrected chi connectivity index (χ0v) is 5.11. The molecule has 0 aliphatic heterocycles. The maximum Gasteiger partial charge on any atom is -0.0417 e. The Morgan fingerprint density at radius 1 is 1.29 bits per heavy atom. The van der Waals surface area contributed by atoms with Gasteiger partial charge in [0.1, 0.15) is 0 Å². The van der Waals surface area contributed by atoms with Crippen molar-refractivity contribution in [1.29, 1.82) is 0 Å². The van der Waals surface area contributed by atoms with Crippen molar-refractivity contribution < 1.29 is 0 Å². The van der Waals surface area contributed by atoms with Gasteiger partial charge in [-0.15, -0.1) is 0 Å². The van der Waals surface area contributed by atoms with Crippen LogP contribution in [0.25, 0.3) is 0 Å². The predicted octanol–water partition coefficient (Wildman–Crippen LogP) is 2.46. The molecule has 0 nitrogen and oxygen atoms in total. The molecular formula is C7H14. The van der Waals surface area contributed by atoms with Crippen molar-refractivity contribution >= 4 is 0 Å². The summed E-state index contributed by atoms with van der Waals surface area (Å²) in [6.07, 6.45) is 3.31. The number of rotatable bonds is 3. The molecule has 0 amide bonds. The Bertz CT molecular complexity index is 21.5. The van der Waals surface area contributed by atoms with Crippen molar-refractivity contribution in [1.82, 2.24) is 0 Å². The molecule has 0 aromatic heterocycles. The molecule has 0 saturated carbocycles. The van der Waals surface area contributed by atoms with Crippen LogP contribution in [0, 0.1) is 19.8 Å². The topological polar surface area (TPSA) is 0 Å². The Hall–Kier alpha value is 0. The highest BCUT2D eigenvalue weighted by Crippen LogP contribution is 2.09. The highest BCUT2D eigenvalue weighted by Gasteiger charge is 1.95. The van der Waals surface area contributed by atoms with E-state index >= 15 is 0 Å². The average molecular weight is 98.2 g/mol. The van der Waals surface area contributed by atoms with Crippen LogP contribution in [0.4, 0.5) is 0 Å². The molecule has 0 aliphatic rings. The quantitative estimate of drug-likeness (QED) is 0.508. The van der Waals surface area contributed by atoms with Gasteiger partial charge < -0.3 is 0 Å². The van der Waals surface area contributed by atoms with Crippen molar-refractivity contribution in [3.8, 4) is 0 Å². The summed E-state index contributed by atoms with van der Waals surface area (Å²) in [6, 6.07) is 0. The Balaban J connectivity index is 2.99. The maximum atomic E-state index is 3.79. The summed E-state index contributed by atoms with van der Waals surface area (Å²) >= 11 is 0. The minimum absolute atomic E-state index is 0.764. The molecule has 0 bridgehead atoms. The standard InChI is InChI=1S/C7H14/c1-4-7(5-2)6-3/h7H,1-2,4-6H2,3H3. The number of hydrogen-bond donors (Lipinski definition) is 0. The lowest BCUT2D eigenvalue weighted by atomic mass is 10.0. The second kappa shape index (κ2) is 4.17. The van der Waals surface area contributed by atoms with Gasteiger partial charge >= 0.3 is 0 Å². The molecule has 0 aromatic carbocycles. The summed E-state index contributed by atoms with van der Waals surface area (Å²) in [5, 5.41) is 0. The van der Waals surface area contributed by atoms with Gasteiger partial charge in [0.05, 0.1) is 0 Å². The third-order valence-corrected chi connectivity index (χ3v) is 1.39. The lowest BCUT2D eigenvalue weighted by molar-refractivity contribution is 0.521. The van der Waals surface area contributed by atoms with Crippen molar-refractivity contribution in [2.45, 2.75) is 26.2 Å². The van der Waals surface area contributed by atoms with Crippen LogP contribution in [0.1, 0.15) is 26.2 Å². The summed E-state index contributed by atoms with van der Waals surface area (Å²) in [5.41, 5.74) is 0. The summed E-state index contributed by atoms with van der Waals surface area (Å²) in [4.78, 5) is 0. The SMILES string of the molecule is [CH2]CC(C[CH2])CC. The van der Waals surface area contributed by atoms with E-state index in [-0.39, 0.29) is 0 Å². The molecule has 0 heterocycles. The molecule has 0 rings (SSSR count). The van der Waals surface area contributed by atoms with E-state index < -0.39 is 0 Å². The zero-order chi connectivity index (χ0) is 5.70. The van der Waals surface area contributed by atoms with Crippen LogP contribution in [-0.4, -0.2) is 0 Å². The first kappa shape index (κ1) is 7.00. The first-order valence-corrected chi connectivity index (χ1v) is 2.93. The molecular weight excluding hydrogens is 84.1 g/mol. The van der Waals surface area contributed by atoms with Crippen LogP contribution in [0.2, 0.25) is 0 Å². The molecule has 0 unspecified atom stereocenters. The molecule has 0 saturated heterocycles. The van der Waals surface area contributed by atoms with Gasteiger partial charge in [-0.25, -0.2) is 0 Å². The Morgan fingerprint density at radius 2 is 1.71 bits per heavy atom. The minimum atomic E-state index is 0.764. The predicted molar refractivity (Wildman–Crippen MR) is 33.7 cm³/mol. The van der Waals surface area contributed by atoms with Crippen LogP contribution in [0.15, 0.2) is 0 Å². The van der Waals surface area contributed by atoms with E-state index in [2.05, 4.69) is 20.8 Å². The zero-order valence-electron chi connectivity index (χ0n) is 5.11. The van der Waals surface area contributed by atoms with Crippen molar-refractivity contribution in [3.63, 3.8) is 0 Å². The fraction of sp³-hybridized carbons (Fsp3) is 0.714. The van der Waals surface area contributed by atoms with Crippen LogP contribution in [-0.2, 0) is 0 Å². The Morgan fingerprint density at radius 3 is 1.71 bits per heavy atom. The van der Waals surface area contributed by atoms with Crippen LogP contribution in [0.3, 0.4) is 0 Å². The molecule has 0 spiro atoms. The van der Waals surface area contributed by atoms with Crippen LogP contribution in [0.5, 0.6) is 0 Å². The van der Waals surface area contributed by atoms with E-state index in [0.717, 1.165) is 18.8 Å². The summed E-state index contributed by atoms with van der Waals surface area (Å²) < 4.78 is 0. The van der Waals surface area contributed by atoms with Gasteiger partial charge in [0.2, 0.25) is 0 Å². The molecule has 0 aromatic rings. The van der Waals surface area contributed by atoms with E-state index in [4.69, 9.17) is 0 Å². The molecule has 0 heteroatoms. The van der Waals surface area contributed by atoms with Gasteiger partial charge in [-0.1, -0.05) is 40.0 Å². The number of hydrogen-bond acceptors (Lipinski definition) is 0. The van der Waals surface area contributed by atoms with E-state index in [1.54, 1.807) is 0 Å². The molecule has 2 radical (unpaired) electrons. The maximum absolute atomic E-state index is 3.79. The monoisotopic (exact) mass is 98.1 g/mol. The largest absolute Gasteiger partial charge is 0.0651 e. The normalized spacial score (nSPS) is 10.3. The Labute approximate surface area is 46.9 Å². The van der Waals surface area contributed by atoms with Crippen molar-refractivity contribution in [2.24, 2.45) is 5.92 Å². The van der Waals surface area contributed by atoms with Crippen molar-refractivity contribution in [2.75, 3.05) is 0 Å². The van der Waals surface area contributed by atoms with Gasteiger partial charge in [-0.2, -0.15) is 0 Å². The first-order chi connectivity index (χ1) is 3.35. The van der Waals surface area contributed by atoms with E-state index in [1.807, 2.05) is 0 Å². The second-order valence-electron chi connectivity index (χ2n) is 1.85. The van der Waals surface area contributed by atoms with Gasteiger partial charge in [0.15, 0.2) is 0 Å². The minimum Gasteiger partial charge on any atom is -0.0651 e. The first-order valence-electron chi connectivity index (χ1n) is 2.93. The second-order valence-corrected chi connectivity index (χ2v) is 1.85. The van der Waals surface area contributed by atoms with Gasteiger partial charge in [0.25, 0.3) is 0 Å². The summed E-state index contributed by atoms with van der Waals surface area (Å²) in [6.45, 7) is 9.76. The van der Waals surface area contributed by atoms with E-state index in [9.17, 15) is 0 Å². The third-order valence-electron chi connectivity index (χ3n) is 1.39. The Kier molecular flexibility index (Phi) is 4.17. The van der Waals surface area contributed by atoms with E-state index in [0.29, 0.717) is 0 Å². The van der Waals surface area contributed by atoms with Crippen LogP contribution < -0.4 is 0 Å². The smallest absolute Gasteiger partial charge is 0.0417 e. The van der Waals surface area contributed by atoms with Crippen molar-refractivity contribution in [3.05, 3.63) is 13.8 Å². The molecule has 0 fully saturated rings. The highest BCUT2D eigenvalue weighted by atomic mass is 14.0. The van der Waals surface area contributed by atoms with Gasteiger partial charge in [-0.05, 0) is 5.92 Å². The van der Waals surface area contributed by atoms with Crippen LogP contribution >= 0.6 is 0 Å². The third kappa shape index (κ3) is 2.67. The summed E-state index contributed by atoms with van der Waals surface area (Å²) in [7, 11) is 0. The van der Waals surface area contributed by atoms with Gasteiger partial charge in [0, 0.05) is 0 Å². The summed E-state index contributed by atoms with van der Waals surface area (Å²) in [5.74, 6) is 0.764. The molecule has 7 heavy (non-hydrogen) atoms. The molecule has 0 N–H and O–H groups in total. The average Bonchev–Trinajstić information content (AvgIpc) is 1.72. The molecule has 0 aliphatic carbocycles. The highest BCUT2D eigenvalue weighted by molar-refractivity contribution is 4.58. The lowest BCUT2D eigenvalue weighted by Crippen LogP contribution is -1.92. The fourth-order valence-electron chi connectivity index (χ4n) is 0.553. The van der Waals surface area contributed by atoms with Gasteiger partial charge in [-0.3, -0.25) is 0 Å². The molecule has 0 atom stereocenters. The lowest BCUT2D eigenvalue weighted by Gasteiger charge is -2.05. The molecule has 42 valence electrons. The van der Waals surface area contributed by atoms with E-state index in [1.165, 1.54) is 6.42 Å².